The molecule has 0 radical (unpaired) electrons. The first-order valence-electron chi connectivity index (χ1n) is 7.88. The fourth-order valence-corrected chi connectivity index (χ4v) is 3.85. The Balaban J connectivity index is 2.05. The lowest BCUT2D eigenvalue weighted by Crippen LogP contribution is -2.46. The summed E-state index contributed by atoms with van der Waals surface area (Å²) in [6, 6.07) is 0.482. The molecular weight excluding hydrogens is 236 g/mol. The Morgan fingerprint density at radius 3 is 2.68 bits per heavy atom. The summed E-state index contributed by atoms with van der Waals surface area (Å²) in [5, 5.41) is 3.49. The quantitative estimate of drug-likeness (QED) is 0.851. The molecule has 2 fully saturated rings. The highest BCUT2D eigenvalue weighted by atomic mass is 16.2. The van der Waals surface area contributed by atoms with Crippen LogP contribution in [-0.4, -0.2) is 29.1 Å². The average Bonchev–Trinajstić information content (AvgIpc) is 2.51. The number of hydrogen-bond acceptors (Lipinski definition) is 2. The molecule has 0 aromatic carbocycles. The summed E-state index contributed by atoms with van der Waals surface area (Å²) in [7, 11) is 0. The fourth-order valence-electron chi connectivity index (χ4n) is 3.85. The molecule has 0 aromatic heterocycles. The molecule has 19 heavy (non-hydrogen) atoms. The zero-order valence-electron chi connectivity index (χ0n) is 13.2. The molecular formula is C16H30N2O. The van der Waals surface area contributed by atoms with Crippen molar-refractivity contribution >= 4 is 5.91 Å². The molecule has 1 saturated heterocycles. The van der Waals surface area contributed by atoms with Crippen LogP contribution in [0.5, 0.6) is 0 Å². The Kier molecular flexibility index (Phi) is 4.24. The van der Waals surface area contributed by atoms with Crippen molar-refractivity contribution < 1.29 is 4.79 Å². The zero-order valence-corrected chi connectivity index (χ0v) is 13.2. The van der Waals surface area contributed by atoms with Crippen LogP contribution in [0, 0.1) is 11.3 Å². The minimum Gasteiger partial charge on any atom is -0.323 e. The van der Waals surface area contributed by atoms with Crippen LogP contribution >= 0.6 is 0 Å². The van der Waals surface area contributed by atoms with E-state index in [0.717, 1.165) is 12.8 Å². The second-order valence-corrected chi connectivity index (χ2v) is 7.68. The maximum absolute atomic E-state index is 12.6. The number of nitrogens with zero attached hydrogens (tertiary/aromatic N) is 1. The lowest BCUT2D eigenvalue weighted by molar-refractivity contribution is -0.133. The lowest BCUT2D eigenvalue weighted by Gasteiger charge is -2.41. The lowest BCUT2D eigenvalue weighted by atomic mass is 9.74. The van der Waals surface area contributed by atoms with Gasteiger partial charge in [-0.1, -0.05) is 34.1 Å². The molecule has 0 aromatic rings. The fraction of sp³-hybridized carbons (Fsp3) is 0.938. The Morgan fingerprint density at radius 2 is 2.11 bits per heavy atom. The predicted octanol–water partition coefficient (Wildman–Crippen LogP) is 3.15. The molecule has 0 spiro atoms. The van der Waals surface area contributed by atoms with Gasteiger partial charge in [0.2, 0.25) is 5.91 Å². The number of nitrogens with one attached hydrogen (secondary N) is 1. The van der Waals surface area contributed by atoms with Gasteiger partial charge in [-0.15, -0.1) is 0 Å². The van der Waals surface area contributed by atoms with Gasteiger partial charge in [0.25, 0.3) is 0 Å². The van der Waals surface area contributed by atoms with E-state index in [1.54, 1.807) is 0 Å². The molecule has 1 heterocycles. The molecule has 110 valence electrons. The molecule has 3 atom stereocenters. The minimum atomic E-state index is 0.0417. The van der Waals surface area contributed by atoms with Crippen molar-refractivity contribution in [3.8, 4) is 0 Å². The summed E-state index contributed by atoms with van der Waals surface area (Å²) in [4.78, 5) is 14.8. The van der Waals surface area contributed by atoms with E-state index in [4.69, 9.17) is 0 Å². The molecule has 2 rings (SSSR count). The summed E-state index contributed by atoms with van der Waals surface area (Å²) in [6.07, 6.45) is 6.03. The van der Waals surface area contributed by atoms with Crippen molar-refractivity contribution in [3.05, 3.63) is 0 Å². The van der Waals surface area contributed by atoms with Gasteiger partial charge in [0.1, 0.15) is 0 Å². The van der Waals surface area contributed by atoms with E-state index >= 15 is 0 Å². The topological polar surface area (TPSA) is 32.3 Å². The summed E-state index contributed by atoms with van der Waals surface area (Å²) < 4.78 is 0. The van der Waals surface area contributed by atoms with Crippen molar-refractivity contribution in [1.82, 2.24) is 10.2 Å². The number of carbonyl (C=O) groups excluding carboxylic acids is 1. The number of carbonyl (C=O) groups is 1. The summed E-state index contributed by atoms with van der Waals surface area (Å²) in [5.74, 6) is 0.903. The van der Waals surface area contributed by atoms with Crippen molar-refractivity contribution in [2.24, 2.45) is 11.3 Å². The van der Waals surface area contributed by atoms with Gasteiger partial charge in [0, 0.05) is 6.04 Å². The number of amides is 1. The first-order chi connectivity index (χ1) is 8.80. The standard InChI is InChI=1S/C16H30N2O/c1-11(2)9-14-15(19)18(12(3)17-14)13-7-6-8-16(4,5)10-13/h11-14,17H,6-10H2,1-5H3. The Morgan fingerprint density at radius 1 is 1.42 bits per heavy atom. The molecule has 0 bridgehead atoms. The van der Waals surface area contributed by atoms with Gasteiger partial charge in [0.05, 0.1) is 12.2 Å². The zero-order chi connectivity index (χ0) is 14.2. The third-order valence-electron chi connectivity index (χ3n) is 4.69. The van der Waals surface area contributed by atoms with Crippen LogP contribution in [0.4, 0.5) is 0 Å². The first kappa shape index (κ1) is 14.8. The van der Waals surface area contributed by atoms with Gasteiger partial charge in [-0.3, -0.25) is 10.1 Å². The van der Waals surface area contributed by atoms with Crippen LogP contribution in [0.2, 0.25) is 0 Å². The third-order valence-corrected chi connectivity index (χ3v) is 4.69. The second-order valence-electron chi connectivity index (χ2n) is 7.68. The molecule has 1 N–H and O–H groups in total. The van der Waals surface area contributed by atoms with E-state index in [1.807, 2.05) is 0 Å². The molecule has 3 unspecified atom stereocenters. The van der Waals surface area contributed by atoms with Crippen LogP contribution in [0.3, 0.4) is 0 Å². The normalized spacial score (nSPS) is 35.2. The van der Waals surface area contributed by atoms with Gasteiger partial charge in [-0.2, -0.15) is 0 Å². The van der Waals surface area contributed by atoms with Gasteiger partial charge < -0.3 is 4.90 Å². The average molecular weight is 266 g/mol. The summed E-state index contributed by atoms with van der Waals surface area (Å²) >= 11 is 0. The Labute approximate surface area is 118 Å². The maximum atomic E-state index is 12.6. The van der Waals surface area contributed by atoms with E-state index in [9.17, 15) is 4.79 Å². The SMILES string of the molecule is CC(C)CC1NC(C)N(C2CCCC(C)(C)C2)C1=O. The van der Waals surface area contributed by atoms with Crippen molar-refractivity contribution in [3.63, 3.8) is 0 Å². The Bertz CT molecular complexity index is 338. The van der Waals surface area contributed by atoms with Gasteiger partial charge in [-0.05, 0) is 43.9 Å². The van der Waals surface area contributed by atoms with Gasteiger partial charge in [-0.25, -0.2) is 0 Å². The van der Waals surface area contributed by atoms with E-state index in [-0.39, 0.29) is 12.2 Å². The maximum Gasteiger partial charge on any atom is 0.241 e. The molecule has 1 aliphatic carbocycles. The number of hydrogen-bond donors (Lipinski definition) is 1. The molecule has 3 heteroatoms. The summed E-state index contributed by atoms with van der Waals surface area (Å²) in [5.41, 5.74) is 0.388. The smallest absolute Gasteiger partial charge is 0.241 e. The van der Waals surface area contributed by atoms with Crippen molar-refractivity contribution in [2.75, 3.05) is 0 Å². The van der Waals surface area contributed by atoms with Crippen LogP contribution < -0.4 is 5.32 Å². The highest BCUT2D eigenvalue weighted by Crippen LogP contribution is 2.38. The van der Waals surface area contributed by atoms with Crippen LogP contribution in [0.25, 0.3) is 0 Å². The highest BCUT2D eigenvalue weighted by molar-refractivity contribution is 5.84. The van der Waals surface area contributed by atoms with Gasteiger partial charge >= 0.3 is 0 Å². The first-order valence-corrected chi connectivity index (χ1v) is 7.88. The van der Waals surface area contributed by atoms with Crippen molar-refractivity contribution in [2.45, 2.75) is 85.0 Å². The monoisotopic (exact) mass is 266 g/mol. The van der Waals surface area contributed by atoms with E-state index < -0.39 is 0 Å². The van der Waals surface area contributed by atoms with E-state index in [1.165, 1.54) is 19.3 Å². The molecule has 3 nitrogen and oxygen atoms in total. The Hall–Kier alpha value is -0.570. The predicted molar refractivity (Wildman–Crippen MR) is 78.7 cm³/mol. The summed E-state index contributed by atoms with van der Waals surface area (Å²) in [6.45, 7) is 11.2. The minimum absolute atomic E-state index is 0.0417. The largest absolute Gasteiger partial charge is 0.323 e. The van der Waals surface area contributed by atoms with Crippen LogP contribution in [-0.2, 0) is 4.79 Å². The highest BCUT2D eigenvalue weighted by Gasteiger charge is 2.42. The van der Waals surface area contributed by atoms with Crippen LogP contribution in [0.1, 0.15) is 66.7 Å². The molecule has 1 amide bonds. The van der Waals surface area contributed by atoms with E-state index in [0.29, 0.717) is 23.3 Å². The third kappa shape index (κ3) is 3.31. The van der Waals surface area contributed by atoms with E-state index in [2.05, 4.69) is 44.8 Å². The van der Waals surface area contributed by atoms with Crippen molar-refractivity contribution in [1.29, 1.82) is 0 Å². The van der Waals surface area contributed by atoms with Crippen LogP contribution in [0.15, 0.2) is 0 Å². The van der Waals surface area contributed by atoms with Gasteiger partial charge in [0.15, 0.2) is 0 Å². The molecule has 2 aliphatic rings. The number of rotatable bonds is 3. The second kappa shape index (κ2) is 5.43. The molecule has 1 aliphatic heterocycles. The molecule has 1 saturated carbocycles.